The molecule has 0 bridgehead atoms. The zero-order chi connectivity index (χ0) is 22.2. The van der Waals surface area contributed by atoms with Gasteiger partial charge in [0.05, 0.1) is 23.3 Å². The van der Waals surface area contributed by atoms with Gasteiger partial charge in [-0.3, -0.25) is 4.79 Å². The molecule has 2 heterocycles. The minimum Gasteiger partial charge on any atom is -0.455 e. The molecule has 166 valence electrons. The van der Waals surface area contributed by atoms with Gasteiger partial charge in [-0.15, -0.1) is 0 Å². The number of benzene rings is 1. The van der Waals surface area contributed by atoms with Crippen LogP contribution in [0.3, 0.4) is 0 Å². The topological polar surface area (TPSA) is 76.6 Å². The van der Waals surface area contributed by atoms with E-state index in [4.69, 9.17) is 4.74 Å². The van der Waals surface area contributed by atoms with Gasteiger partial charge in [0, 0.05) is 18.7 Å². The number of aromatic nitrogens is 1. The predicted molar refractivity (Wildman–Crippen MR) is 107 cm³/mol. The highest BCUT2D eigenvalue weighted by atomic mass is 32.2. The zero-order valence-electron chi connectivity index (χ0n) is 16.6. The third kappa shape index (κ3) is 4.68. The number of nitrogens with zero attached hydrogens (tertiary/aromatic N) is 2. The molecule has 6 nitrogen and oxygen atoms in total. The fraction of sp³-hybridized carbons (Fsp3) is 0.429. The molecule has 1 aromatic carbocycles. The van der Waals surface area contributed by atoms with Crippen LogP contribution in [0.1, 0.15) is 40.0 Å². The number of halogens is 3. The zero-order valence-corrected chi connectivity index (χ0v) is 17.4. The number of fused-ring (bicyclic) bond motifs is 1. The summed E-state index contributed by atoms with van der Waals surface area (Å²) in [6, 6.07) is 4.63. The van der Waals surface area contributed by atoms with Crippen molar-refractivity contribution >= 4 is 15.7 Å². The molecule has 0 spiro atoms. The van der Waals surface area contributed by atoms with Crippen LogP contribution in [0.15, 0.2) is 30.5 Å². The first-order valence-electron chi connectivity index (χ1n) is 10.00. The van der Waals surface area contributed by atoms with Gasteiger partial charge in [0.1, 0.15) is 17.2 Å². The molecule has 0 N–H and O–H groups in total. The third-order valence-corrected chi connectivity index (χ3v) is 7.19. The van der Waals surface area contributed by atoms with Gasteiger partial charge in [-0.1, -0.05) is 6.07 Å². The van der Waals surface area contributed by atoms with Crippen molar-refractivity contribution in [3.05, 3.63) is 52.8 Å². The van der Waals surface area contributed by atoms with Gasteiger partial charge in [-0.2, -0.15) is 13.2 Å². The van der Waals surface area contributed by atoms with E-state index in [2.05, 4.69) is 4.98 Å². The number of sulfone groups is 1. The molecule has 1 aliphatic carbocycles. The quantitative estimate of drug-likeness (QED) is 0.708. The molecule has 1 saturated heterocycles. The van der Waals surface area contributed by atoms with Crippen LogP contribution in [-0.4, -0.2) is 48.8 Å². The molecular formula is C21H21F3N2O4S. The highest BCUT2D eigenvalue weighted by Crippen LogP contribution is 2.36. The summed E-state index contributed by atoms with van der Waals surface area (Å²) in [5, 5.41) is 0. The Labute approximate surface area is 178 Å². The van der Waals surface area contributed by atoms with E-state index in [0.29, 0.717) is 18.6 Å². The maximum atomic E-state index is 13.0. The lowest BCUT2D eigenvalue weighted by Gasteiger charge is -2.28. The number of rotatable bonds is 3. The highest BCUT2D eigenvalue weighted by Gasteiger charge is 2.32. The molecule has 0 unspecified atom stereocenters. The largest absolute Gasteiger partial charge is 0.455 e. The van der Waals surface area contributed by atoms with Crippen LogP contribution in [0.5, 0.6) is 11.5 Å². The Morgan fingerprint density at radius 3 is 2.42 bits per heavy atom. The van der Waals surface area contributed by atoms with Gasteiger partial charge >= 0.3 is 6.18 Å². The van der Waals surface area contributed by atoms with Gasteiger partial charge in [-0.25, -0.2) is 13.4 Å². The fourth-order valence-electron chi connectivity index (χ4n) is 3.92. The summed E-state index contributed by atoms with van der Waals surface area (Å²) in [5.74, 6) is -0.0785. The molecule has 10 heteroatoms. The van der Waals surface area contributed by atoms with E-state index in [1.54, 1.807) is 0 Å². The average molecular weight is 454 g/mol. The summed E-state index contributed by atoms with van der Waals surface area (Å²) in [5.41, 5.74) is 0.963. The Hall–Kier alpha value is -2.62. The molecule has 1 fully saturated rings. The Morgan fingerprint density at radius 2 is 1.74 bits per heavy atom. The van der Waals surface area contributed by atoms with Crippen molar-refractivity contribution in [2.75, 3.05) is 24.6 Å². The lowest BCUT2D eigenvalue weighted by Crippen LogP contribution is -2.44. The third-order valence-electron chi connectivity index (χ3n) is 5.59. The monoisotopic (exact) mass is 454 g/mol. The second kappa shape index (κ2) is 8.14. The number of amides is 1. The van der Waals surface area contributed by atoms with Crippen molar-refractivity contribution < 1.29 is 31.1 Å². The minimum atomic E-state index is -4.48. The highest BCUT2D eigenvalue weighted by molar-refractivity contribution is 7.91. The van der Waals surface area contributed by atoms with Gasteiger partial charge in [-0.05, 0) is 49.4 Å². The Bertz CT molecular complexity index is 1100. The van der Waals surface area contributed by atoms with Crippen molar-refractivity contribution in [1.29, 1.82) is 0 Å². The molecule has 1 aliphatic heterocycles. The summed E-state index contributed by atoms with van der Waals surface area (Å²) in [6.45, 7) is 0.250. The van der Waals surface area contributed by atoms with E-state index in [0.717, 1.165) is 36.1 Å². The van der Waals surface area contributed by atoms with E-state index in [1.807, 2.05) is 0 Å². The number of pyridine rings is 1. The van der Waals surface area contributed by atoms with Gasteiger partial charge < -0.3 is 9.64 Å². The number of alkyl halides is 3. The van der Waals surface area contributed by atoms with E-state index in [1.165, 1.54) is 23.2 Å². The van der Waals surface area contributed by atoms with E-state index < -0.39 is 21.6 Å². The van der Waals surface area contributed by atoms with Crippen LogP contribution in [0.4, 0.5) is 13.2 Å². The summed E-state index contributed by atoms with van der Waals surface area (Å²) >= 11 is 0. The molecule has 0 atom stereocenters. The van der Waals surface area contributed by atoms with E-state index in [-0.39, 0.29) is 41.9 Å². The fourth-order valence-corrected chi connectivity index (χ4v) is 5.12. The summed E-state index contributed by atoms with van der Waals surface area (Å²) in [4.78, 5) is 18.8. The van der Waals surface area contributed by atoms with Gasteiger partial charge in [0.15, 0.2) is 9.84 Å². The SMILES string of the molecule is O=C(c1ncc(Oc2cccc(C(F)(F)F)c2)c2c1CCCC2)N1CCS(=O)(=O)CC1. The van der Waals surface area contributed by atoms with Crippen molar-refractivity contribution in [1.82, 2.24) is 9.88 Å². The van der Waals surface area contributed by atoms with Crippen LogP contribution in [0.2, 0.25) is 0 Å². The Kier molecular flexibility index (Phi) is 5.67. The molecule has 2 aromatic rings. The molecule has 0 radical (unpaired) electrons. The first-order valence-corrected chi connectivity index (χ1v) is 11.8. The average Bonchev–Trinajstić information content (AvgIpc) is 2.73. The van der Waals surface area contributed by atoms with Crippen LogP contribution >= 0.6 is 0 Å². The van der Waals surface area contributed by atoms with Crippen LogP contribution in [0.25, 0.3) is 0 Å². The number of hydrogen-bond donors (Lipinski definition) is 0. The van der Waals surface area contributed by atoms with Crippen molar-refractivity contribution in [2.45, 2.75) is 31.9 Å². The number of carbonyl (C=O) groups excluding carboxylic acids is 1. The minimum absolute atomic E-state index is 0.0460. The molecule has 4 rings (SSSR count). The Balaban J connectivity index is 1.63. The number of ether oxygens (including phenoxy) is 1. The van der Waals surface area contributed by atoms with Gasteiger partial charge in [0.2, 0.25) is 0 Å². The maximum Gasteiger partial charge on any atom is 0.416 e. The molecule has 2 aliphatic rings. The second-order valence-corrected chi connectivity index (χ2v) is 10.0. The van der Waals surface area contributed by atoms with Crippen molar-refractivity contribution in [2.24, 2.45) is 0 Å². The summed E-state index contributed by atoms with van der Waals surface area (Å²) in [7, 11) is -3.12. The maximum absolute atomic E-state index is 13.0. The van der Waals surface area contributed by atoms with Crippen LogP contribution in [-0.2, 0) is 28.9 Å². The van der Waals surface area contributed by atoms with Crippen LogP contribution < -0.4 is 4.74 Å². The molecular weight excluding hydrogens is 433 g/mol. The van der Waals surface area contributed by atoms with E-state index in [9.17, 15) is 26.4 Å². The second-order valence-electron chi connectivity index (χ2n) is 7.71. The standard InChI is InChI=1S/C21H21F3N2O4S/c22-21(23,24)14-4-3-5-15(12-14)30-18-13-25-19(17-7-2-1-6-16(17)18)20(27)26-8-10-31(28,29)11-9-26/h3-5,12-13H,1-2,6-11H2. The predicted octanol–water partition coefficient (Wildman–Crippen LogP) is 3.64. The summed E-state index contributed by atoms with van der Waals surface area (Å²) < 4.78 is 68.1. The molecule has 31 heavy (non-hydrogen) atoms. The Morgan fingerprint density at radius 1 is 1.06 bits per heavy atom. The lowest BCUT2D eigenvalue weighted by molar-refractivity contribution is -0.137. The smallest absolute Gasteiger partial charge is 0.416 e. The molecule has 1 amide bonds. The van der Waals surface area contributed by atoms with Crippen molar-refractivity contribution in [3.8, 4) is 11.5 Å². The molecule has 1 aromatic heterocycles. The first kappa shape index (κ1) is 21.6. The first-order chi connectivity index (χ1) is 14.6. The van der Waals surface area contributed by atoms with E-state index >= 15 is 0 Å². The number of hydrogen-bond acceptors (Lipinski definition) is 5. The lowest BCUT2D eigenvalue weighted by atomic mass is 9.90. The van der Waals surface area contributed by atoms with Crippen LogP contribution in [0, 0.1) is 0 Å². The molecule has 0 saturated carbocycles. The van der Waals surface area contributed by atoms with Gasteiger partial charge in [0.25, 0.3) is 5.91 Å². The summed E-state index contributed by atoms with van der Waals surface area (Å²) in [6.07, 6.45) is -0.147. The number of carbonyl (C=O) groups is 1. The normalized spacial score (nSPS) is 18.4. The van der Waals surface area contributed by atoms with Crippen molar-refractivity contribution in [3.63, 3.8) is 0 Å².